The number of para-hydroxylation sites is 1. The van der Waals surface area contributed by atoms with Crippen molar-refractivity contribution in [3.63, 3.8) is 0 Å². The number of tetrazole rings is 1. The quantitative estimate of drug-likeness (QED) is 0.675. The van der Waals surface area contributed by atoms with Gasteiger partial charge in [0, 0.05) is 5.69 Å². The monoisotopic (exact) mass is 204 g/mol. The molecule has 1 heterocycles. The molecule has 15 heavy (non-hydrogen) atoms. The zero-order valence-corrected chi connectivity index (χ0v) is 7.64. The Morgan fingerprint density at radius 2 is 2.00 bits per heavy atom. The number of benzene rings is 1. The highest BCUT2D eigenvalue weighted by molar-refractivity contribution is 5.98. The Morgan fingerprint density at radius 1 is 1.20 bits per heavy atom. The summed E-state index contributed by atoms with van der Waals surface area (Å²) in [7, 11) is 0. The zero-order valence-electron chi connectivity index (χ0n) is 7.64. The number of aromatic nitrogens is 4. The number of H-pyrrole nitrogens is 1. The summed E-state index contributed by atoms with van der Waals surface area (Å²) in [6.45, 7) is 0. The van der Waals surface area contributed by atoms with E-state index in [0.717, 1.165) is 0 Å². The van der Waals surface area contributed by atoms with Crippen LogP contribution in [0.3, 0.4) is 0 Å². The van der Waals surface area contributed by atoms with Crippen LogP contribution < -0.4 is 10.6 Å². The molecule has 7 heteroatoms. The van der Waals surface area contributed by atoms with Gasteiger partial charge in [0.05, 0.1) is 0 Å². The summed E-state index contributed by atoms with van der Waals surface area (Å²) < 4.78 is 0. The summed E-state index contributed by atoms with van der Waals surface area (Å²) in [4.78, 5) is 11.3. The minimum Gasteiger partial charge on any atom is -0.308 e. The Hall–Kier alpha value is -2.44. The van der Waals surface area contributed by atoms with Crippen molar-refractivity contribution < 1.29 is 4.79 Å². The number of nitrogens with one attached hydrogen (secondary N) is 3. The largest absolute Gasteiger partial charge is 0.326 e. The average molecular weight is 204 g/mol. The van der Waals surface area contributed by atoms with E-state index in [9.17, 15) is 4.79 Å². The molecule has 0 atom stereocenters. The normalized spacial score (nSPS) is 9.60. The van der Waals surface area contributed by atoms with Gasteiger partial charge in [-0.25, -0.2) is 9.89 Å². The van der Waals surface area contributed by atoms with Crippen LogP contribution in [0.25, 0.3) is 0 Å². The number of carbonyl (C=O) groups excluding carboxylic acids is 1. The van der Waals surface area contributed by atoms with Crippen molar-refractivity contribution in [3.05, 3.63) is 30.3 Å². The number of hydrogen-bond donors (Lipinski definition) is 3. The second-order valence-corrected chi connectivity index (χ2v) is 2.70. The number of amides is 2. The van der Waals surface area contributed by atoms with E-state index in [-0.39, 0.29) is 5.95 Å². The minimum atomic E-state index is -0.403. The maximum absolute atomic E-state index is 11.3. The molecule has 0 bridgehead atoms. The van der Waals surface area contributed by atoms with E-state index in [1.807, 2.05) is 18.2 Å². The average Bonchev–Trinajstić information content (AvgIpc) is 2.71. The molecule has 3 N–H and O–H groups in total. The highest BCUT2D eigenvalue weighted by Crippen LogP contribution is 2.05. The standard InChI is InChI=1S/C8H8N6O/c15-8(10-7-11-13-14-12-7)9-6-4-2-1-3-5-6/h1-5H,(H3,9,10,11,12,13,14,15). The number of rotatable bonds is 2. The fourth-order valence-corrected chi connectivity index (χ4v) is 1.00. The van der Waals surface area contributed by atoms with Crippen molar-refractivity contribution in [1.29, 1.82) is 0 Å². The van der Waals surface area contributed by atoms with E-state index in [2.05, 4.69) is 31.3 Å². The second kappa shape index (κ2) is 4.18. The van der Waals surface area contributed by atoms with Crippen molar-refractivity contribution in [1.82, 2.24) is 20.6 Å². The molecular formula is C8H8N6O. The zero-order chi connectivity index (χ0) is 10.5. The molecule has 0 aliphatic carbocycles. The first-order valence-corrected chi connectivity index (χ1v) is 4.21. The molecule has 1 aromatic heterocycles. The van der Waals surface area contributed by atoms with Gasteiger partial charge in [0.25, 0.3) is 0 Å². The van der Waals surface area contributed by atoms with Crippen molar-refractivity contribution in [2.24, 2.45) is 0 Å². The lowest BCUT2D eigenvalue weighted by molar-refractivity contribution is 0.262. The maximum Gasteiger partial charge on any atom is 0.326 e. The van der Waals surface area contributed by atoms with Crippen LogP contribution in [-0.2, 0) is 0 Å². The lowest BCUT2D eigenvalue weighted by Crippen LogP contribution is -2.20. The number of aromatic amines is 1. The minimum absolute atomic E-state index is 0.198. The van der Waals surface area contributed by atoms with Crippen LogP contribution in [0.1, 0.15) is 0 Å². The molecule has 2 amide bonds. The van der Waals surface area contributed by atoms with Gasteiger partial charge >= 0.3 is 6.03 Å². The van der Waals surface area contributed by atoms with Crippen LogP contribution in [0.2, 0.25) is 0 Å². The van der Waals surface area contributed by atoms with E-state index in [1.54, 1.807) is 12.1 Å². The predicted octanol–water partition coefficient (Wildman–Crippen LogP) is 0.844. The lowest BCUT2D eigenvalue weighted by atomic mass is 10.3. The summed E-state index contributed by atoms with van der Waals surface area (Å²) in [6, 6.07) is 8.66. The van der Waals surface area contributed by atoms with Gasteiger partial charge in [-0.05, 0) is 22.6 Å². The first-order chi connectivity index (χ1) is 7.34. The maximum atomic E-state index is 11.3. The number of urea groups is 1. The van der Waals surface area contributed by atoms with Crippen molar-refractivity contribution in [2.75, 3.05) is 10.6 Å². The molecule has 0 fully saturated rings. The summed E-state index contributed by atoms with van der Waals surface area (Å²) in [5.41, 5.74) is 0.697. The number of hydrogen-bond acceptors (Lipinski definition) is 4. The molecule has 0 saturated heterocycles. The molecule has 0 aliphatic heterocycles. The summed E-state index contributed by atoms with van der Waals surface area (Å²) in [5, 5.41) is 17.6. The summed E-state index contributed by atoms with van der Waals surface area (Å²) in [6.07, 6.45) is 0. The van der Waals surface area contributed by atoms with Crippen molar-refractivity contribution in [3.8, 4) is 0 Å². The van der Waals surface area contributed by atoms with Crippen LogP contribution in [0.4, 0.5) is 16.4 Å². The Bertz CT molecular complexity index is 426. The fraction of sp³-hybridized carbons (Fsp3) is 0. The van der Waals surface area contributed by atoms with Gasteiger partial charge in [-0.3, -0.25) is 5.32 Å². The third kappa shape index (κ3) is 2.50. The lowest BCUT2D eigenvalue weighted by Gasteiger charge is -2.03. The number of anilines is 2. The molecule has 2 aromatic rings. The van der Waals surface area contributed by atoms with Gasteiger partial charge in [0.2, 0.25) is 5.95 Å². The van der Waals surface area contributed by atoms with Gasteiger partial charge in [-0.15, -0.1) is 0 Å². The van der Waals surface area contributed by atoms with E-state index in [1.165, 1.54) is 0 Å². The Kier molecular flexibility index (Phi) is 2.54. The van der Waals surface area contributed by atoms with Crippen LogP contribution >= 0.6 is 0 Å². The highest BCUT2D eigenvalue weighted by Gasteiger charge is 2.03. The number of nitrogens with zero attached hydrogens (tertiary/aromatic N) is 3. The van der Waals surface area contributed by atoms with Crippen LogP contribution in [0.15, 0.2) is 30.3 Å². The molecule has 0 radical (unpaired) electrons. The summed E-state index contributed by atoms with van der Waals surface area (Å²) >= 11 is 0. The molecule has 0 aliphatic rings. The third-order valence-corrected chi connectivity index (χ3v) is 1.61. The van der Waals surface area contributed by atoms with Gasteiger partial charge in [-0.2, -0.15) is 0 Å². The topological polar surface area (TPSA) is 95.6 Å². The van der Waals surface area contributed by atoms with Gasteiger partial charge in [0.15, 0.2) is 0 Å². The molecule has 1 aromatic carbocycles. The van der Waals surface area contributed by atoms with E-state index in [0.29, 0.717) is 5.69 Å². The molecular weight excluding hydrogens is 196 g/mol. The van der Waals surface area contributed by atoms with Gasteiger partial charge in [0.1, 0.15) is 0 Å². The first kappa shape index (κ1) is 9.13. The van der Waals surface area contributed by atoms with E-state index >= 15 is 0 Å². The van der Waals surface area contributed by atoms with Crippen LogP contribution in [-0.4, -0.2) is 26.7 Å². The van der Waals surface area contributed by atoms with Crippen LogP contribution in [0.5, 0.6) is 0 Å². The predicted molar refractivity (Wildman–Crippen MR) is 53.3 cm³/mol. The van der Waals surface area contributed by atoms with Crippen LogP contribution in [0, 0.1) is 0 Å². The Labute approximate surface area is 84.9 Å². The second-order valence-electron chi connectivity index (χ2n) is 2.70. The first-order valence-electron chi connectivity index (χ1n) is 4.21. The fourth-order valence-electron chi connectivity index (χ4n) is 1.00. The Morgan fingerprint density at radius 3 is 2.67 bits per heavy atom. The SMILES string of the molecule is O=C(Nc1ccccc1)Nc1nnn[nH]1. The molecule has 0 unspecified atom stereocenters. The third-order valence-electron chi connectivity index (χ3n) is 1.61. The van der Waals surface area contributed by atoms with E-state index < -0.39 is 6.03 Å². The van der Waals surface area contributed by atoms with Crippen molar-refractivity contribution in [2.45, 2.75) is 0 Å². The molecule has 0 saturated carbocycles. The van der Waals surface area contributed by atoms with Gasteiger partial charge in [-0.1, -0.05) is 23.3 Å². The van der Waals surface area contributed by atoms with E-state index in [4.69, 9.17) is 0 Å². The smallest absolute Gasteiger partial charge is 0.308 e. The highest BCUT2D eigenvalue weighted by atomic mass is 16.2. The molecule has 76 valence electrons. The van der Waals surface area contributed by atoms with Gasteiger partial charge < -0.3 is 5.32 Å². The van der Waals surface area contributed by atoms with Crippen molar-refractivity contribution >= 4 is 17.7 Å². The summed E-state index contributed by atoms with van der Waals surface area (Å²) in [5.74, 6) is 0.198. The molecule has 7 nitrogen and oxygen atoms in total. The molecule has 0 spiro atoms. The Balaban J connectivity index is 1.94. The number of carbonyl (C=O) groups is 1. The molecule has 2 rings (SSSR count).